The highest BCUT2D eigenvalue weighted by atomic mass is 79.9. The van der Waals surface area contributed by atoms with Crippen molar-refractivity contribution < 1.29 is 9.31 Å². The summed E-state index contributed by atoms with van der Waals surface area (Å²) in [7, 11) is -0.303. The van der Waals surface area contributed by atoms with Crippen molar-refractivity contribution in [1.29, 1.82) is 0 Å². The van der Waals surface area contributed by atoms with Crippen molar-refractivity contribution in [2.45, 2.75) is 38.9 Å². The second kappa shape index (κ2) is 5.32. The molecule has 0 radical (unpaired) electrons. The van der Waals surface area contributed by atoms with Gasteiger partial charge in [-0.25, -0.2) is 0 Å². The van der Waals surface area contributed by atoms with Gasteiger partial charge < -0.3 is 9.31 Å². The summed E-state index contributed by atoms with van der Waals surface area (Å²) < 4.78 is 12.0. The molecular formula is C15H18BBrO2. The smallest absolute Gasteiger partial charge is 0.399 e. The van der Waals surface area contributed by atoms with Gasteiger partial charge in [0.1, 0.15) is 0 Å². The van der Waals surface area contributed by atoms with Gasteiger partial charge >= 0.3 is 7.12 Å². The number of hydrogen-bond acceptors (Lipinski definition) is 2. The Bertz CT molecular complexity index is 495. The zero-order valence-corrected chi connectivity index (χ0v) is 13.4. The van der Waals surface area contributed by atoms with E-state index in [9.17, 15) is 0 Å². The lowest BCUT2D eigenvalue weighted by Gasteiger charge is -2.32. The van der Waals surface area contributed by atoms with Crippen LogP contribution in [0.15, 0.2) is 24.3 Å². The molecule has 0 N–H and O–H groups in total. The first-order valence-corrected chi connectivity index (χ1v) is 7.48. The average Bonchev–Trinajstić information content (AvgIpc) is 2.56. The van der Waals surface area contributed by atoms with E-state index in [4.69, 9.17) is 9.31 Å². The summed E-state index contributed by atoms with van der Waals surface area (Å²) in [5, 5.41) is 0.686. The van der Waals surface area contributed by atoms with Crippen molar-refractivity contribution >= 4 is 28.5 Å². The van der Waals surface area contributed by atoms with E-state index in [1.807, 2.05) is 24.3 Å². The van der Waals surface area contributed by atoms with Gasteiger partial charge in [-0.1, -0.05) is 39.9 Å². The Hall–Kier alpha value is -0.755. The summed E-state index contributed by atoms with van der Waals surface area (Å²) in [5.74, 6) is 6.05. The maximum Gasteiger partial charge on any atom is 0.494 e. The highest BCUT2D eigenvalue weighted by Gasteiger charge is 2.51. The van der Waals surface area contributed by atoms with Crippen molar-refractivity contribution in [2.24, 2.45) is 0 Å². The molecule has 0 atom stereocenters. The fourth-order valence-corrected chi connectivity index (χ4v) is 1.98. The highest BCUT2D eigenvalue weighted by Crippen LogP contribution is 2.36. The summed E-state index contributed by atoms with van der Waals surface area (Å²) in [6, 6.07) is 8.02. The van der Waals surface area contributed by atoms with Crippen molar-refractivity contribution in [2.75, 3.05) is 5.33 Å². The van der Waals surface area contributed by atoms with Crippen LogP contribution in [0, 0.1) is 11.8 Å². The second-order valence-corrected chi connectivity index (χ2v) is 6.21. The lowest BCUT2D eigenvalue weighted by atomic mass is 9.79. The maximum absolute atomic E-state index is 6.01. The van der Waals surface area contributed by atoms with Crippen LogP contribution in [0.5, 0.6) is 0 Å². The molecule has 2 rings (SSSR count). The Morgan fingerprint density at radius 3 is 2.05 bits per heavy atom. The van der Waals surface area contributed by atoms with Crippen LogP contribution in [0.1, 0.15) is 33.3 Å². The first kappa shape index (κ1) is 14.6. The molecule has 1 aromatic carbocycles. The minimum Gasteiger partial charge on any atom is -0.399 e. The largest absolute Gasteiger partial charge is 0.494 e. The number of alkyl halides is 1. The van der Waals surface area contributed by atoms with E-state index in [0.717, 1.165) is 11.0 Å². The predicted octanol–water partition coefficient (Wildman–Crippen LogP) is 2.73. The standard InChI is InChI=1S/C15H18BBrO2/c1-14(2)15(3,4)19-16(18-14)13-9-7-12(8-10-13)6-5-11-17/h7-10H,11H2,1-4H3. The molecule has 19 heavy (non-hydrogen) atoms. The molecule has 1 heterocycles. The first-order chi connectivity index (χ1) is 8.86. The lowest BCUT2D eigenvalue weighted by Crippen LogP contribution is -2.41. The molecule has 0 bridgehead atoms. The third-order valence-corrected chi connectivity index (χ3v) is 4.02. The minimum absolute atomic E-state index is 0.299. The molecule has 4 heteroatoms. The quantitative estimate of drug-likeness (QED) is 0.450. The summed E-state index contributed by atoms with van der Waals surface area (Å²) >= 11 is 3.29. The van der Waals surface area contributed by atoms with Crippen LogP contribution in [-0.2, 0) is 9.31 Å². The Labute approximate surface area is 124 Å². The average molecular weight is 321 g/mol. The van der Waals surface area contributed by atoms with Crippen molar-refractivity contribution in [3.05, 3.63) is 29.8 Å². The summed E-state index contributed by atoms with van der Waals surface area (Å²) in [6.45, 7) is 8.23. The van der Waals surface area contributed by atoms with Crippen LogP contribution < -0.4 is 5.46 Å². The van der Waals surface area contributed by atoms with Crippen LogP contribution in [-0.4, -0.2) is 23.7 Å². The number of halogens is 1. The van der Waals surface area contributed by atoms with E-state index in [0.29, 0.717) is 5.33 Å². The minimum atomic E-state index is -0.303. The topological polar surface area (TPSA) is 18.5 Å². The molecule has 0 amide bonds. The third-order valence-electron chi connectivity index (χ3n) is 3.74. The summed E-state index contributed by atoms with van der Waals surface area (Å²) in [6.07, 6.45) is 0. The van der Waals surface area contributed by atoms with E-state index in [1.54, 1.807) is 0 Å². The van der Waals surface area contributed by atoms with Crippen LogP contribution in [0.3, 0.4) is 0 Å². The molecule has 0 saturated carbocycles. The van der Waals surface area contributed by atoms with Gasteiger partial charge in [0.15, 0.2) is 0 Å². The predicted molar refractivity (Wildman–Crippen MR) is 82.8 cm³/mol. The van der Waals surface area contributed by atoms with Gasteiger partial charge in [0.25, 0.3) is 0 Å². The van der Waals surface area contributed by atoms with Gasteiger partial charge in [-0.05, 0) is 45.3 Å². The number of rotatable bonds is 1. The maximum atomic E-state index is 6.01. The van der Waals surface area contributed by atoms with Gasteiger partial charge in [-0.2, -0.15) is 0 Å². The van der Waals surface area contributed by atoms with Crippen molar-refractivity contribution in [3.8, 4) is 11.8 Å². The summed E-state index contributed by atoms with van der Waals surface area (Å²) in [5.41, 5.74) is 1.43. The lowest BCUT2D eigenvalue weighted by molar-refractivity contribution is 0.00578. The van der Waals surface area contributed by atoms with Crippen LogP contribution >= 0.6 is 15.9 Å². The van der Waals surface area contributed by atoms with Gasteiger partial charge in [0, 0.05) is 5.56 Å². The van der Waals surface area contributed by atoms with Gasteiger partial charge in [0.2, 0.25) is 0 Å². The molecule has 0 spiro atoms. The Kier molecular flexibility index (Phi) is 4.10. The van der Waals surface area contributed by atoms with E-state index < -0.39 is 0 Å². The molecule has 0 aliphatic carbocycles. The van der Waals surface area contributed by atoms with Crippen LogP contribution in [0.2, 0.25) is 0 Å². The van der Waals surface area contributed by atoms with Gasteiger partial charge in [-0.3, -0.25) is 0 Å². The fraction of sp³-hybridized carbons (Fsp3) is 0.467. The van der Waals surface area contributed by atoms with Crippen molar-refractivity contribution in [1.82, 2.24) is 0 Å². The molecular weight excluding hydrogens is 303 g/mol. The van der Waals surface area contributed by atoms with Crippen LogP contribution in [0.25, 0.3) is 0 Å². The second-order valence-electron chi connectivity index (χ2n) is 5.65. The third kappa shape index (κ3) is 3.05. The van der Waals surface area contributed by atoms with E-state index in [-0.39, 0.29) is 18.3 Å². The zero-order valence-electron chi connectivity index (χ0n) is 11.8. The van der Waals surface area contributed by atoms with E-state index in [1.165, 1.54) is 0 Å². The molecule has 1 aliphatic rings. The van der Waals surface area contributed by atoms with E-state index in [2.05, 4.69) is 55.5 Å². The molecule has 2 nitrogen and oxygen atoms in total. The first-order valence-electron chi connectivity index (χ1n) is 6.36. The fourth-order valence-electron chi connectivity index (χ4n) is 1.84. The number of benzene rings is 1. The van der Waals surface area contributed by atoms with E-state index >= 15 is 0 Å². The molecule has 100 valence electrons. The van der Waals surface area contributed by atoms with Crippen LogP contribution in [0.4, 0.5) is 0 Å². The molecule has 0 aromatic heterocycles. The number of hydrogen-bond donors (Lipinski definition) is 0. The van der Waals surface area contributed by atoms with Gasteiger partial charge in [0.05, 0.1) is 16.5 Å². The zero-order chi connectivity index (χ0) is 14.1. The molecule has 0 unspecified atom stereocenters. The molecule has 1 saturated heterocycles. The summed E-state index contributed by atoms with van der Waals surface area (Å²) in [4.78, 5) is 0. The monoisotopic (exact) mass is 320 g/mol. The molecule has 1 aromatic rings. The Morgan fingerprint density at radius 2 is 1.58 bits per heavy atom. The Morgan fingerprint density at radius 1 is 1.05 bits per heavy atom. The SMILES string of the molecule is CC1(C)OB(c2ccc(C#CCBr)cc2)OC1(C)C. The highest BCUT2D eigenvalue weighted by molar-refractivity contribution is 9.09. The van der Waals surface area contributed by atoms with Gasteiger partial charge in [-0.15, -0.1) is 0 Å². The molecule has 1 fully saturated rings. The van der Waals surface area contributed by atoms with Crippen molar-refractivity contribution in [3.63, 3.8) is 0 Å². The Balaban J connectivity index is 2.17. The molecule has 1 aliphatic heterocycles. The normalized spacial score (nSPS) is 19.9.